The first kappa shape index (κ1) is 18.4. The van der Waals surface area contributed by atoms with Gasteiger partial charge in [0.15, 0.2) is 0 Å². The molecular weight excluding hydrogens is 368 g/mol. The van der Waals surface area contributed by atoms with E-state index in [2.05, 4.69) is 17.4 Å². The molecule has 28 heavy (non-hydrogen) atoms. The van der Waals surface area contributed by atoms with Gasteiger partial charge in [-0.2, -0.15) is 0 Å². The molecule has 1 amide bonds. The van der Waals surface area contributed by atoms with Gasteiger partial charge in [-0.1, -0.05) is 36.0 Å². The lowest BCUT2D eigenvalue weighted by molar-refractivity contribution is 0.0923. The molecule has 6 heteroatoms. The van der Waals surface area contributed by atoms with Crippen molar-refractivity contribution >= 4 is 29.6 Å². The molecule has 1 unspecified atom stereocenters. The van der Waals surface area contributed by atoms with Crippen LogP contribution < -0.4 is 11.1 Å². The minimum Gasteiger partial charge on any atom is -0.398 e. The minimum absolute atomic E-state index is 0.0607. The number of nitrogens with zero attached hydrogens (tertiary/aromatic N) is 1. The summed E-state index contributed by atoms with van der Waals surface area (Å²) in [6.45, 7) is 2.01. The summed E-state index contributed by atoms with van der Waals surface area (Å²) in [6, 6.07) is 15.9. The fourth-order valence-corrected chi connectivity index (χ4v) is 4.51. The van der Waals surface area contributed by atoms with Gasteiger partial charge in [0.2, 0.25) is 0 Å². The van der Waals surface area contributed by atoms with Crippen LogP contribution in [0.1, 0.15) is 38.9 Å². The molecule has 1 aliphatic carbocycles. The Balaban J connectivity index is 1.54. The third kappa shape index (κ3) is 3.20. The molecule has 0 aliphatic heterocycles. The summed E-state index contributed by atoms with van der Waals surface area (Å²) in [7, 11) is 1.91. The van der Waals surface area contributed by atoms with Crippen LogP contribution in [0.3, 0.4) is 0 Å². The van der Waals surface area contributed by atoms with Crippen molar-refractivity contribution in [3.63, 3.8) is 0 Å². The first-order valence-electron chi connectivity index (χ1n) is 9.10. The predicted molar refractivity (Wildman–Crippen MR) is 113 cm³/mol. The molecule has 0 spiro atoms. The van der Waals surface area contributed by atoms with Gasteiger partial charge in [0.05, 0.1) is 6.04 Å². The van der Waals surface area contributed by atoms with E-state index in [0.717, 1.165) is 21.9 Å². The van der Waals surface area contributed by atoms with E-state index in [1.807, 2.05) is 54.9 Å². The molecule has 2 aromatic carbocycles. The van der Waals surface area contributed by atoms with Crippen LogP contribution >= 0.6 is 11.8 Å². The smallest absolute Gasteiger partial charge is 0.268 e. The number of carbonyl (C=O) groups is 1. The standard InChI is InChI=1S/C22H22N4OS/c1-13-21(28-16-7-8-18(24)15(9-16)12-23)11-20(26(13)2)22(27)25-19-10-14-5-3-4-6-17(14)19/h3-9,11-12,19,23H,10,24H2,1-2H3,(H,25,27). The second-order valence-electron chi connectivity index (χ2n) is 7.00. The minimum atomic E-state index is -0.0607. The zero-order valence-corrected chi connectivity index (χ0v) is 16.6. The molecule has 0 radical (unpaired) electrons. The van der Waals surface area contributed by atoms with Crippen LogP contribution in [0.2, 0.25) is 0 Å². The summed E-state index contributed by atoms with van der Waals surface area (Å²) in [5.74, 6) is -0.0607. The first-order valence-corrected chi connectivity index (χ1v) is 9.92. The van der Waals surface area contributed by atoms with Gasteiger partial charge in [-0.25, -0.2) is 0 Å². The van der Waals surface area contributed by atoms with Crippen LogP contribution in [0.25, 0.3) is 0 Å². The van der Waals surface area contributed by atoms with Crippen LogP contribution in [-0.2, 0) is 13.5 Å². The number of hydrogen-bond acceptors (Lipinski definition) is 4. The normalized spacial score (nSPS) is 14.9. The first-order chi connectivity index (χ1) is 13.5. The van der Waals surface area contributed by atoms with Crippen molar-refractivity contribution in [3.8, 4) is 0 Å². The van der Waals surface area contributed by atoms with Crippen molar-refractivity contribution in [3.05, 3.63) is 76.6 Å². The number of amides is 1. The van der Waals surface area contributed by atoms with E-state index >= 15 is 0 Å². The van der Waals surface area contributed by atoms with Crippen molar-refractivity contribution in [1.29, 1.82) is 5.41 Å². The second kappa shape index (κ2) is 7.20. The molecule has 0 bridgehead atoms. The molecule has 1 heterocycles. The zero-order chi connectivity index (χ0) is 19.8. The van der Waals surface area contributed by atoms with Crippen molar-refractivity contribution in [1.82, 2.24) is 9.88 Å². The molecule has 0 fully saturated rings. The van der Waals surface area contributed by atoms with Gasteiger partial charge in [0.1, 0.15) is 5.69 Å². The van der Waals surface area contributed by atoms with E-state index in [9.17, 15) is 4.79 Å². The summed E-state index contributed by atoms with van der Waals surface area (Å²) in [5, 5.41) is 10.6. The number of aromatic nitrogens is 1. The number of rotatable bonds is 5. The van der Waals surface area contributed by atoms with Crippen molar-refractivity contribution in [2.45, 2.75) is 29.2 Å². The molecule has 1 aromatic heterocycles. The van der Waals surface area contributed by atoms with Gasteiger partial charge >= 0.3 is 0 Å². The fraction of sp³-hybridized carbons (Fsp3) is 0.182. The Kier molecular flexibility index (Phi) is 4.73. The fourth-order valence-electron chi connectivity index (χ4n) is 3.48. The number of anilines is 1. The van der Waals surface area contributed by atoms with E-state index in [4.69, 9.17) is 11.1 Å². The topological polar surface area (TPSA) is 83.9 Å². The Labute approximate surface area is 168 Å². The van der Waals surface area contributed by atoms with Crippen molar-refractivity contribution in [2.75, 3.05) is 5.73 Å². The maximum absolute atomic E-state index is 12.9. The van der Waals surface area contributed by atoms with E-state index < -0.39 is 0 Å². The Morgan fingerprint density at radius 2 is 2.07 bits per heavy atom. The second-order valence-corrected chi connectivity index (χ2v) is 8.12. The lowest BCUT2D eigenvalue weighted by Gasteiger charge is -2.30. The third-order valence-electron chi connectivity index (χ3n) is 5.32. The van der Waals surface area contributed by atoms with Crippen molar-refractivity contribution in [2.24, 2.45) is 7.05 Å². The van der Waals surface area contributed by atoms with Crippen LogP contribution in [0, 0.1) is 12.3 Å². The predicted octanol–water partition coefficient (Wildman–Crippen LogP) is 4.09. The molecule has 0 saturated carbocycles. The maximum atomic E-state index is 12.9. The highest BCUT2D eigenvalue weighted by molar-refractivity contribution is 7.99. The Morgan fingerprint density at radius 3 is 2.82 bits per heavy atom. The van der Waals surface area contributed by atoms with Gasteiger partial charge in [-0.3, -0.25) is 4.79 Å². The molecule has 0 saturated heterocycles. The number of hydrogen-bond donors (Lipinski definition) is 3. The summed E-state index contributed by atoms with van der Waals surface area (Å²) in [6.07, 6.45) is 2.14. The zero-order valence-electron chi connectivity index (χ0n) is 15.8. The van der Waals surface area contributed by atoms with Crippen LogP contribution in [0.5, 0.6) is 0 Å². The summed E-state index contributed by atoms with van der Waals surface area (Å²) in [4.78, 5) is 14.9. The number of carbonyl (C=O) groups excluding carboxylic acids is 1. The van der Waals surface area contributed by atoms with Crippen LogP contribution in [0.15, 0.2) is 58.3 Å². The largest absolute Gasteiger partial charge is 0.398 e. The lowest BCUT2D eigenvalue weighted by Crippen LogP contribution is -2.36. The van der Waals surface area contributed by atoms with Crippen LogP contribution in [-0.4, -0.2) is 16.7 Å². The number of benzene rings is 2. The molecule has 4 N–H and O–H groups in total. The SMILES string of the molecule is Cc1c(Sc2ccc(N)c(C=N)c2)cc(C(=O)NC2Cc3ccccc32)n1C. The maximum Gasteiger partial charge on any atom is 0.268 e. The number of fused-ring (bicyclic) bond motifs is 1. The molecule has 142 valence electrons. The average Bonchev–Trinajstić information content (AvgIpc) is 2.96. The molecular formula is C22H22N4OS. The highest BCUT2D eigenvalue weighted by Crippen LogP contribution is 2.35. The van der Waals surface area contributed by atoms with Gasteiger partial charge in [0, 0.05) is 40.0 Å². The Hall–Kier alpha value is -2.99. The molecule has 1 atom stereocenters. The van der Waals surface area contributed by atoms with E-state index in [1.165, 1.54) is 17.3 Å². The Morgan fingerprint density at radius 1 is 1.29 bits per heavy atom. The Bertz CT molecular complexity index is 1090. The number of nitrogens with one attached hydrogen (secondary N) is 2. The summed E-state index contributed by atoms with van der Waals surface area (Å²) in [5.41, 5.74) is 11.3. The monoisotopic (exact) mass is 390 g/mol. The third-order valence-corrected chi connectivity index (χ3v) is 6.45. The quantitative estimate of drug-likeness (QED) is 0.453. The number of nitrogens with two attached hydrogens (primary N) is 1. The molecule has 5 nitrogen and oxygen atoms in total. The van der Waals surface area contributed by atoms with Crippen molar-refractivity contribution < 1.29 is 4.79 Å². The average molecular weight is 391 g/mol. The van der Waals surface area contributed by atoms with Gasteiger partial charge in [-0.15, -0.1) is 0 Å². The van der Waals surface area contributed by atoms with E-state index in [1.54, 1.807) is 11.8 Å². The van der Waals surface area contributed by atoms with Gasteiger partial charge in [-0.05, 0) is 48.7 Å². The number of nitrogen functional groups attached to an aromatic ring is 1. The molecule has 3 aromatic rings. The summed E-state index contributed by atoms with van der Waals surface area (Å²) < 4.78 is 1.93. The van der Waals surface area contributed by atoms with Gasteiger partial charge < -0.3 is 21.0 Å². The summed E-state index contributed by atoms with van der Waals surface area (Å²) >= 11 is 1.57. The highest BCUT2D eigenvalue weighted by atomic mass is 32.2. The molecule has 1 aliphatic rings. The highest BCUT2D eigenvalue weighted by Gasteiger charge is 2.28. The van der Waals surface area contributed by atoms with Crippen LogP contribution in [0.4, 0.5) is 5.69 Å². The molecule has 4 rings (SSSR count). The van der Waals surface area contributed by atoms with E-state index in [-0.39, 0.29) is 11.9 Å². The van der Waals surface area contributed by atoms with Gasteiger partial charge in [0.25, 0.3) is 5.91 Å². The van der Waals surface area contributed by atoms with E-state index in [0.29, 0.717) is 16.9 Å². The lowest BCUT2D eigenvalue weighted by atomic mass is 9.83.